The van der Waals surface area contributed by atoms with Crippen molar-refractivity contribution >= 4 is 12.4 Å². The van der Waals surface area contributed by atoms with E-state index in [0.29, 0.717) is 5.75 Å². The average Bonchev–Trinajstić information content (AvgIpc) is 2.62. The first-order chi connectivity index (χ1) is 11.8. The molecule has 25 heavy (non-hydrogen) atoms. The standard InChI is InChI=1S/C21H27NO2.ClH/c23-20-6-3-4-18(16-20)8-9-19-5-1-2-7-21(19)24-15-12-17-10-13-22-14-11-17;/h1-7,16-17,22-23H,8-15H2;1H. The zero-order valence-electron chi connectivity index (χ0n) is 14.6. The Labute approximate surface area is 156 Å². The summed E-state index contributed by atoms with van der Waals surface area (Å²) in [5, 5.41) is 13.0. The van der Waals surface area contributed by atoms with Crippen LogP contribution in [-0.2, 0) is 12.8 Å². The van der Waals surface area contributed by atoms with Gasteiger partial charge in [0.1, 0.15) is 11.5 Å². The maximum atomic E-state index is 9.58. The maximum absolute atomic E-state index is 9.58. The van der Waals surface area contributed by atoms with Crippen LogP contribution in [0.25, 0.3) is 0 Å². The van der Waals surface area contributed by atoms with Crippen LogP contribution in [0.15, 0.2) is 48.5 Å². The van der Waals surface area contributed by atoms with E-state index in [1.54, 1.807) is 6.07 Å². The fourth-order valence-electron chi connectivity index (χ4n) is 3.35. The van der Waals surface area contributed by atoms with Crippen LogP contribution in [0, 0.1) is 5.92 Å². The van der Waals surface area contributed by atoms with E-state index >= 15 is 0 Å². The number of phenolic OH excluding ortho intramolecular Hbond substituents is 1. The van der Waals surface area contributed by atoms with Crippen molar-refractivity contribution in [3.63, 3.8) is 0 Å². The Morgan fingerprint density at radius 2 is 1.80 bits per heavy atom. The lowest BCUT2D eigenvalue weighted by molar-refractivity contribution is 0.250. The van der Waals surface area contributed by atoms with Crippen molar-refractivity contribution in [1.29, 1.82) is 0 Å². The largest absolute Gasteiger partial charge is 0.508 e. The van der Waals surface area contributed by atoms with Crippen LogP contribution in [0.1, 0.15) is 30.4 Å². The van der Waals surface area contributed by atoms with Crippen LogP contribution in [-0.4, -0.2) is 24.8 Å². The van der Waals surface area contributed by atoms with Gasteiger partial charge in [-0.15, -0.1) is 12.4 Å². The molecular weight excluding hydrogens is 334 g/mol. The number of ether oxygens (including phenoxy) is 1. The molecule has 1 fully saturated rings. The number of phenols is 1. The van der Waals surface area contributed by atoms with E-state index in [4.69, 9.17) is 4.74 Å². The molecule has 1 aliphatic rings. The highest BCUT2D eigenvalue weighted by atomic mass is 35.5. The summed E-state index contributed by atoms with van der Waals surface area (Å²) >= 11 is 0. The highest BCUT2D eigenvalue weighted by Crippen LogP contribution is 2.23. The molecule has 0 radical (unpaired) electrons. The predicted octanol–water partition coefficient (Wildman–Crippen LogP) is 4.37. The highest BCUT2D eigenvalue weighted by Gasteiger charge is 2.13. The lowest BCUT2D eigenvalue weighted by Gasteiger charge is -2.22. The Hall–Kier alpha value is -1.71. The number of nitrogens with one attached hydrogen (secondary N) is 1. The third-order valence-corrected chi connectivity index (χ3v) is 4.81. The van der Waals surface area contributed by atoms with Crippen molar-refractivity contribution in [3.05, 3.63) is 59.7 Å². The quantitative estimate of drug-likeness (QED) is 0.769. The van der Waals surface area contributed by atoms with Crippen LogP contribution in [0.5, 0.6) is 11.5 Å². The van der Waals surface area contributed by atoms with Gasteiger partial charge in [-0.1, -0.05) is 30.3 Å². The molecule has 0 unspecified atom stereocenters. The van der Waals surface area contributed by atoms with Crippen LogP contribution in [0.3, 0.4) is 0 Å². The van der Waals surface area contributed by atoms with E-state index in [-0.39, 0.29) is 12.4 Å². The van der Waals surface area contributed by atoms with Gasteiger partial charge in [-0.3, -0.25) is 0 Å². The van der Waals surface area contributed by atoms with Crippen LogP contribution >= 0.6 is 12.4 Å². The third-order valence-electron chi connectivity index (χ3n) is 4.81. The molecule has 0 saturated carbocycles. The number of para-hydroxylation sites is 1. The average molecular weight is 362 g/mol. The SMILES string of the molecule is Cl.Oc1cccc(CCc2ccccc2OCCC2CCNCC2)c1. The summed E-state index contributed by atoms with van der Waals surface area (Å²) in [7, 11) is 0. The summed E-state index contributed by atoms with van der Waals surface area (Å²) < 4.78 is 6.08. The molecule has 0 aromatic heterocycles. The first-order valence-electron chi connectivity index (χ1n) is 9.00. The number of halogens is 1. The number of rotatable bonds is 7. The summed E-state index contributed by atoms with van der Waals surface area (Å²) in [6, 6.07) is 15.8. The van der Waals surface area contributed by atoms with E-state index in [0.717, 1.165) is 56.2 Å². The lowest BCUT2D eigenvalue weighted by atomic mass is 9.95. The summed E-state index contributed by atoms with van der Waals surface area (Å²) in [6.07, 6.45) is 5.50. The monoisotopic (exact) mass is 361 g/mol. The Kier molecular flexibility index (Phi) is 8.10. The van der Waals surface area contributed by atoms with Gasteiger partial charge < -0.3 is 15.2 Å². The second kappa shape index (κ2) is 10.3. The van der Waals surface area contributed by atoms with E-state index in [1.165, 1.54) is 18.4 Å². The highest BCUT2D eigenvalue weighted by molar-refractivity contribution is 5.85. The van der Waals surface area contributed by atoms with Crippen LogP contribution < -0.4 is 10.1 Å². The summed E-state index contributed by atoms with van der Waals surface area (Å²) in [5.41, 5.74) is 2.39. The number of hydrogen-bond donors (Lipinski definition) is 2. The second-order valence-corrected chi connectivity index (χ2v) is 6.61. The number of piperidine rings is 1. The van der Waals surface area contributed by atoms with E-state index in [9.17, 15) is 5.11 Å². The molecule has 0 bridgehead atoms. The number of aromatic hydroxyl groups is 1. The third kappa shape index (κ3) is 6.26. The van der Waals surface area contributed by atoms with Gasteiger partial charge in [-0.2, -0.15) is 0 Å². The molecule has 0 spiro atoms. The Bertz CT molecular complexity index is 641. The van der Waals surface area contributed by atoms with Crippen molar-refractivity contribution in [1.82, 2.24) is 5.32 Å². The number of hydrogen-bond acceptors (Lipinski definition) is 3. The van der Waals surface area contributed by atoms with Gasteiger partial charge in [-0.05, 0) is 80.4 Å². The van der Waals surface area contributed by atoms with Crippen molar-refractivity contribution in [2.24, 2.45) is 5.92 Å². The van der Waals surface area contributed by atoms with Gasteiger partial charge in [0.05, 0.1) is 6.61 Å². The van der Waals surface area contributed by atoms with Gasteiger partial charge in [-0.25, -0.2) is 0 Å². The molecule has 0 amide bonds. The van der Waals surface area contributed by atoms with Crippen molar-refractivity contribution in [3.8, 4) is 11.5 Å². The fraction of sp³-hybridized carbons (Fsp3) is 0.429. The number of aryl methyl sites for hydroxylation is 2. The van der Waals surface area contributed by atoms with E-state index < -0.39 is 0 Å². The normalized spacial score (nSPS) is 14.7. The molecule has 2 aromatic rings. The van der Waals surface area contributed by atoms with Crippen LogP contribution in [0.2, 0.25) is 0 Å². The molecule has 1 saturated heterocycles. The van der Waals surface area contributed by atoms with E-state index in [1.807, 2.05) is 18.2 Å². The molecular formula is C21H28ClNO2. The fourth-order valence-corrected chi connectivity index (χ4v) is 3.35. The van der Waals surface area contributed by atoms with Crippen molar-refractivity contribution < 1.29 is 9.84 Å². The maximum Gasteiger partial charge on any atom is 0.122 e. The molecule has 3 nitrogen and oxygen atoms in total. The first-order valence-corrected chi connectivity index (χ1v) is 9.00. The molecule has 0 aliphatic carbocycles. The minimum absolute atomic E-state index is 0. The first kappa shape index (κ1) is 19.6. The smallest absolute Gasteiger partial charge is 0.122 e. The minimum Gasteiger partial charge on any atom is -0.508 e. The Morgan fingerprint density at radius 3 is 2.60 bits per heavy atom. The minimum atomic E-state index is 0. The van der Waals surface area contributed by atoms with Crippen molar-refractivity contribution in [2.45, 2.75) is 32.1 Å². The molecule has 1 aliphatic heterocycles. The molecule has 4 heteroatoms. The summed E-state index contributed by atoms with van der Waals surface area (Å²) in [5.74, 6) is 2.14. The van der Waals surface area contributed by atoms with Crippen LogP contribution in [0.4, 0.5) is 0 Å². The van der Waals surface area contributed by atoms with Gasteiger partial charge in [0.15, 0.2) is 0 Å². The van der Waals surface area contributed by atoms with E-state index in [2.05, 4.69) is 29.6 Å². The summed E-state index contributed by atoms with van der Waals surface area (Å²) in [4.78, 5) is 0. The van der Waals surface area contributed by atoms with Crippen molar-refractivity contribution in [2.75, 3.05) is 19.7 Å². The summed E-state index contributed by atoms with van der Waals surface area (Å²) in [6.45, 7) is 3.09. The molecule has 0 atom stereocenters. The Morgan fingerprint density at radius 1 is 1.00 bits per heavy atom. The molecule has 2 aromatic carbocycles. The molecule has 2 N–H and O–H groups in total. The second-order valence-electron chi connectivity index (χ2n) is 6.61. The number of benzene rings is 2. The molecule has 1 heterocycles. The molecule has 136 valence electrons. The van der Waals surface area contributed by atoms with Gasteiger partial charge in [0.25, 0.3) is 0 Å². The lowest BCUT2D eigenvalue weighted by Crippen LogP contribution is -2.28. The molecule has 3 rings (SSSR count). The zero-order chi connectivity index (χ0) is 16.6. The Balaban J connectivity index is 0.00000225. The van der Waals surface area contributed by atoms with Gasteiger partial charge in [0.2, 0.25) is 0 Å². The zero-order valence-corrected chi connectivity index (χ0v) is 15.4. The predicted molar refractivity (Wildman–Crippen MR) is 105 cm³/mol. The van der Waals surface area contributed by atoms with Gasteiger partial charge >= 0.3 is 0 Å². The topological polar surface area (TPSA) is 41.5 Å². The van der Waals surface area contributed by atoms with Gasteiger partial charge in [0, 0.05) is 0 Å².